The predicted molar refractivity (Wildman–Crippen MR) is 66.8 cm³/mol. The molecule has 0 amide bonds. The van der Waals surface area contributed by atoms with Crippen molar-refractivity contribution >= 4 is 0 Å². The molecule has 1 rings (SSSR count). The lowest BCUT2D eigenvalue weighted by atomic mass is 9.94. The van der Waals surface area contributed by atoms with Crippen LogP contribution in [0.3, 0.4) is 0 Å². The second kappa shape index (κ2) is 5.46. The van der Waals surface area contributed by atoms with Crippen LogP contribution < -0.4 is 0 Å². The molecule has 0 aliphatic rings. The van der Waals surface area contributed by atoms with Crippen molar-refractivity contribution in [2.75, 3.05) is 7.11 Å². The molecule has 1 aromatic rings. The van der Waals surface area contributed by atoms with Gasteiger partial charge in [0.05, 0.1) is 12.2 Å². The van der Waals surface area contributed by atoms with Gasteiger partial charge >= 0.3 is 0 Å². The van der Waals surface area contributed by atoms with Crippen molar-refractivity contribution in [3.63, 3.8) is 0 Å². The zero-order valence-corrected chi connectivity index (χ0v) is 10.9. The van der Waals surface area contributed by atoms with E-state index in [1.165, 1.54) is 22.3 Å². The Morgan fingerprint density at radius 1 is 1.19 bits per heavy atom. The first-order chi connectivity index (χ1) is 7.45. The van der Waals surface area contributed by atoms with E-state index in [9.17, 15) is 5.11 Å². The van der Waals surface area contributed by atoms with Gasteiger partial charge in [-0.3, -0.25) is 0 Å². The molecule has 0 bridgehead atoms. The third-order valence-electron chi connectivity index (χ3n) is 3.17. The minimum Gasteiger partial charge on any atom is -0.390 e. The molecule has 1 N–H and O–H groups in total. The highest BCUT2D eigenvalue weighted by atomic mass is 16.5. The molecule has 2 unspecified atom stereocenters. The number of benzene rings is 1. The van der Waals surface area contributed by atoms with Crippen molar-refractivity contribution in [1.29, 1.82) is 0 Å². The van der Waals surface area contributed by atoms with Crippen LogP contribution in [0.25, 0.3) is 0 Å². The van der Waals surface area contributed by atoms with Gasteiger partial charge in [0, 0.05) is 13.5 Å². The molecule has 0 aliphatic carbocycles. The van der Waals surface area contributed by atoms with Crippen LogP contribution in [-0.2, 0) is 11.2 Å². The molecule has 1 aromatic carbocycles. The summed E-state index contributed by atoms with van der Waals surface area (Å²) in [7, 11) is 1.63. The van der Waals surface area contributed by atoms with E-state index in [1.54, 1.807) is 7.11 Å². The van der Waals surface area contributed by atoms with Crippen LogP contribution in [-0.4, -0.2) is 24.4 Å². The molecule has 2 nitrogen and oxygen atoms in total. The van der Waals surface area contributed by atoms with Crippen LogP contribution in [0.1, 0.15) is 29.2 Å². The van der Waals surface area contributed by atoms with Crippen molar-refractivity contribution in [3.05, 3.63) is 34.4 Å². The van der Waals surface area contributed by atoms with Gasteiger partial charge < -0.3 is 9.84 Å². The van der Waals surface area contributed by atoms with Crippen LogP contribution >= 0.6 is 0 Å². The molecule has 0 heterocycles. The Labute approximate surface area is 98.3 Å². The SMILES string of the molecule is COC(C)C(O)Cc1c(C)cc(C)cc1C. The van der Waals surface area contributed by atoms with Crippen molar-refractivity contribution < 1.29 is 9.84 Å². The minimum atomic E-state index is -0.440. The molecular formula is C14H22O2. The Hall–Kier alpha value is -0.860. The fourth-order valence-corrected chi connectivity index (χ4v) is 2.06. The summed E-state index contributed by atoms with van der Waals surface area (Å²) >= 11 is 0. The van der Waals surface area contributed by atoms with Crippen LogP contribution in [0.15, 0.2) is 12.1 Å². The minimum absolute atomic E-state index is 0.125. The lowest BCUT2D eigenvalue weighted by Gasteiger charge is -2.20. The van der Waals surface area contributed by atoms with Gasteiger partial charge in [0.15, 0.2) is 0 Å². The normalized spacial score (nSPS) is 14.9. The lowest BCUT2D eigenvalue weighted by Crippen LogP contribution is -2.27. The Balaban J connectivity index is 2.89. The largest absolute Gasteiger partial charge is 0.390 e. The Bertz CT molecular complexity index is 335. The summed E-state index contributed by atoms with van der Waals surface area (Å²) in [5.74, 6) is 0. The number of rotatable bonds is 4. The summed E-state index contributed by atoms with van der Waals surface area (Å²) in [5, 5.41) is 9.96. The average molecular weight is 222 g/mol. The zero-order chi connectivity index (χ0) is 12.3. The molecule has 2 atom stereocenters. The summed E-state index contributed by atoms with van der Waals surface area (Å²) in [4.78, 5) is 0. The van der Waals surface area contributed by atoms with E-state index in [0.717, 1.165) is 0 Å². The number of aliphatic hydroxyl groups excluding tert-OH is 1. The Kier molecular flexibility index (Phi) is 4.51. The molecular weight excluding hydrogens is 200 g/mol. The molecule has 0 saturated carbocycles. The monoisotopic (exact) mass is 222 g/mol. The third kappa shape index (κ3) is 3.06. The summed E-state index contributed by atoms with van der Waals surface area (Å²) in [6.45, 7) is 8.18. The van der Waals surface area contributed by atoms with E-state index in [1.807, 2.05) is 6.92 Å². The Morgan fingerprint density at radius 3 is 2.12 bits per heavy atom. The number of methoxy groups -OCH3 is 1. The van der Waals surface area contributed by atoms with Gasteiger partial charge in [-0.15, -0.1) is 0 Å². The summed E-state index contributed by atoms with van der Waals surface area (Å²) < 4.78 is 5.14. The van der Waals surface area contributed by atoms with Crippen LogP contribution in [0.5, 0.6) is 0 Å². The third-order valence-corrected chi connectivity index (χ3v) is 3.17. The second-order valence-electron chi connectivity index (χ2n) is 4.59. The predicted octanol–water partition coefficient (Wildman–Crippen LogP) is 2.55. The highest BCUT2D eigenvalue weighted by Crippen LogP contribution is 2.19. The molecule has 90 valence electrons. The quantitative estimate of drug-likeness (QED) is 0.848. The highest BCUT2D eigenvalue weighted by molar-refractivity contribution is 5.37. The van der Waals surface area contributed by atoms with E-state index in [-0.39, 0.29) is 6.10 Å². The second-order valence-corrected chi connectivity index (χ2v) is 4.59. The molecule has 0 aliphatic heterocycles. The van der Waals surface area contributed by atoms with Crippen molar-refractivity contribution in [3.8, 4) is 0 Å². The summed E-state index contributed by atoms with van der Waals surface area (Å²) in [6.07, 6.45) is 0.0951. The number of ether oxygens (including phenoxy) is 1. The topological polar surface area (TPSA) is 29.5 Å². The standard InChI is InChI=1S/C14H22O2/c1-9-6-10(2)13(11(3)7-9)8-14(15)12(4)16-5/h6-7,12,14-15H,8H2,1-5H3. The maximum absolute atomic E-state index is 9.96. The van der Waals surface area contributed by atoms with Crippen molar-refractivity contribution in [2.45, 2.75) is 46.3 Å². The van der Waals surface area contributed by atoms with Gasteiger partial charge in [-0.05, 0) is 44.4 Å². The molecule has 0 radical (unpaired) electrons. The fraction of sp³-hybridized carbons (Fsp3) is 0.571. The van der Waals surface area contributed by atoms with Crippen molar-refractivity contribution in [2.24, 2.45) is 0 Å². The van der Waals surface area contributed by atoms with Crippen LogP contribution in [0, 0.1) is 20.8 Å². The van der Waals surface area contributed by atoms with Gasteiger partial charge in [-0.25, -0.2) is 0 Å². The molecule has 2 heteroatoms. The van der Waals surface area contributed by atoms with Gasteiger partial charge in [-0.1, -0.05) is 17.7 Å². The van der Waals surface area contributed by atoms with Crippen LogP contribution in [0.4, 0.5) is 0 Å². The summed E-state index contributed by atoms with van der Waals surface area (Å²) in [5.41, 5.74) is 5.01. The molecule has 16 heavy (non-hydrogen) atoms. The smallest absolute Gasteiger partial charge is 0.0839 e. The number of hydrogen-bond acceptors (Lipinski definition) is 2. The van der Waals surface area contributed by atoms with Gasteiger partial charge in [-0.2, -0.15) is 0 Å². The van der Waals surface area contributed by atoms with Gasteiger partial charge in [0.1, 0.15) is 0 Å². The lowest BCUT2D eigenvalue weighted by molar-refractivity contribution is 0.000275. The van der Waals surface area contributed by atoms with E-state index in [0.29, 0.717) is 6.42 Å². The average Bonchev–Trinajstić information content (AvgIpc) is 2.21. The van der Waals surface area contributed by atoms with Gasteiger partial charge in [0.25, 0.3) is 0 Å². The first-order valence-electron chi connectivity index (χ1n) is 5.73. The van der Waals surface area contributed by atoms with E-state index in [2.05, 4.69) is 32.9 Å². The first kappa shape index (κ1) is 13.2. The molecule has 0 aromatic heterocycles. The van der Waals surface area contributed by atoms with Gasteiger partial charge in [0.2, 0.25) is 0 Å². The van der Waals surface area contributed by atoms with E-state index < -0.39 is 6.10 Å². The van der Waals surface area contributed by atoms with E-state index in [4.69, 9.17) is 4.74 Å². The summed E-state index contributed by atoms with van der Waals surface area (Å²) in [6, 6.07) is 4.32. The fourth-order valence-electron chi connectivity index (χ4n) is 2.06. The number of hydrogen-bond donors (Lipinski definition) is 1. The molecule has 0 spiro atoms. The highest BCUT2D eigenvalue weighted by Gasteiger charge is 2.16. The zero-order valence-electron chi connectivity index (χ0n) is 10.9. The van der Waals surface area contributed by atoms with Crippen molar-refractivity contribution in [1.82, 2.24) is 0 Å². The van der Waals surface area contributed by atoms with E-state index >= 15 is 0 Å². The van der Waals surface area contributed by atoms with Crippen LogP contribution in [0.2, 0.25) is 0 Å². The molecule has 0 fully saturated rings. The number of aryl methyl sites for hydroxylation is 3. The maximum Gasteiger partial charge on any atom is 0.0839 e. The Morgan fingerprint density at radius 2 is 1.69 bits per heavy atom. The maximum atomic E-state index is 9.96. The number of aliphatic hydroxyl groups is 1. The first-order valence-corrected chi connectivity index (χ1v) is 5.73. The molecule has 0 saturated heterocycles.